The molecule has 0 bridgehead atoms. The van der Waals surface area contributed by atoms with Gasteiger partial charge in [0.05, 0.1) is 13.2 Å². The molecule has 0 unspecified atom stereocenters. The van der Waals surface area contributed by atoms with Gasteiger partial charge in [0.1, 0.15) is 5.82 Å². The zero-order valence-corrected chi connectivity index (χ0v) is 11.8. The molecule has 21 heavy (non-hydrogen) atoms. The second-order valence-corrected chi connectivity index (χ2v) is 5.08. The minimum Gasteiger partial charge on any atom is -0.379 e. The first kappa shape index (κ1) is 14.2. The van der Waals surface area contributed by atoms with E-state index in [0.29, 0.717) is 11.7 Å². The number of morpholine rings is 1. The Labute approximate surface area is 122 Å². The molecular formula is C15H18FN3O2. The molecule has 3 rings (SSSR count). The Bertz CT molecular complexity index is 565. The van der Waals surface area contributed by atoms with E-state index in [0.717, 1.165) is 51.3 Å². The molecule has 0 amide bonds. The Morgan fingerprint density at radius 2 is 1.90 bits per heavy atom. The molecule has 0 N–H and O–H groups in total. The quantitative estimate of drug-likeness (QED) is 0.845. The van der Waals surface area contributed by atoms with Gasteiger partial charge in [0.25, 0.3) is 0 Å². The molecule has 5 nitrogen and oxygen atoms in total. The van der Waals surface area contributed by atoms with E-state index in [1.54, 1.807) is 12.1 Å². The summed E-state index contributed by atoms with van der Waals surface area (Å²) in [5.74, 6) is 0.868. The summed E-state index contributed by atoms with van der Waals surface area (Å²) >= 11 is 0. The summed E-state index contributed by atoms with van der Waals surface area (Å²) in [5.41, 5.74) is 0.763. The average molecular weight is 291 g/mol. The summed E-state index contributed by atoms with van der Waals surface area (Å²) in [6.07, 6.45) is 1.73. The maximum atomic E-state index is 12.9. The second kappa shape index (κ2) is 6.78. The van der Waals surface area contributed by atoms with E-state index < -0.39 is 0 Å². The third kappa shape index (κ3) is 3.86. The van der Waals surface area contributed by atoms with Gasteiger partial charge in [0, 0.05) is 25.1 Å². The van der Waals surface area contributed by atoms with E-state index in [-0.39, 0.29) is 5.82 Å². The van der Waals surface area contributed by atoms with Gasteiger partial charge in [-0.25, -0.2) is 4.39 Å². The lowest BCUT2D eigenvalue weighted by atomic mass is 10.2. The highest BCUT2D eigenvalue weighted by atomic mass is 19.1. The lowest BCUT2D eigenvalue weighted by molar-refractivity contribution is 0.0372. The van der Waals surface area contributed by atoms with Crippen LogP contribution >= 0.6 is 0 Å². The topological polar surface area (TPSA) is 51.4 Å². The molecule has 0 spiro atoms. The van der Waals surface area contributed by atoms with Gasteiger partial charge in [-0.15, -0.1) is 0 Å². The molecule has 1 fully saturated rings. The van der Waals surface area contributed by atoms with E-state index >= 15 is 0 Å². The highest BCUT2D eigenvalue weighted by molar-refractivity contribution is 5.53. The second-order valence-electron chi connectivity index (χ2n) is 5.08. The van der Waals surface area contributed by atoms with Crippen LogP contribution in [0.2, 0.25) is 0 Å². The number of nitrogens with zero attached hydrogens (tertiary/aromatic N) is 3. The maximum absolute atomic E-state index is 12.9. The van der Waals surface area contributed by atoms with Crippen LogP contribution in [0.4, 0.5) is 4.39 Å². The van der Waals surface area contributed by atoms with Crippen LogP contribution in [0.3, 0.4) is 0 Å². The average Bonchev–Trinajstić information content (AvgIpc) is 2.98. The Morgan fingerprint density at radius 3 is 2.67 bits per heavy atom. The molecule has 1 aromatic carbocycles. The van der Waals surface area contributed by atoms with Gasteiger partial charge < -0.3 is 9.26 Å². The highest BCUT2D eigenvalue weighted by Crippen LogP contribution is 2.16. The number of rotatable bonds is 5. The van der Waals surface area contributed by atoms with Crippen LogP contribution in [-0.2, 0) is 11.2 Å². The number of benzene rings is 1. The van der Waals surface area contributed by atoms with Crippen molar-refractivity contribution in [3.8, 4) is 11.4 Å². The lowest BCUT2D eigenvalue weighted by Gasteiger charge is -2.26. The first-order valence-corrected chi connectivity index (χ1v) is 7.20. The number of hydrogen-bond donors (Lipinski definition) is 0. The smallest absolute Gasteiger partial charge is 0.227 e. The summed E-state index contributed by atoms with van der Waals surface area (Å²) in [5, 5.41) is 3.94. The molecule has 6 heteroatoms. The molecule has 1 aromatic heterocycles. The standard InChI is InChI=1S/C15H18FN3O2/c16-13-5-3-12(4-6-13)15-17-14(21-18-15)2-1-7-19-8-10-20-11-9-19/h3-6H,1-2,7-11H2. The molecule has 2 heterocycles. The molecule has 0 saturated carbocycles. The highest BCUT2D eigenvalue weighted by Gasteiger charge is 2.12. The van der Waals surface area contributed by atoms with Crippen LogP contribution < -0.4 is 0 Å². The first-order valence-electron chi connectivity index (χ1n) is 7.20. The Morgan fingerprint density at radius 1 is 1.14 bits per heavy atom. The van der Waals surface area contributed by atoms with Crippen molar-refractivity contribution < 1.29 is 13.7 Å². The van der Waals surface area contributed by atoms with Crippen molar-refractivity contribution in [1.82, 2.24) is 15.0 Å². The van der Waals surface area contributed by atoms with Crippen molar-refractivity contribution in [1.29, 1.82) is 0 Å². The SMILES string of the molecule is Fc1ccc(-c2noc(CCCN3CCOCC3)n2)cc1. The van der Waals surface area contributed by atoms with Gasteiger partial charge in [-0.05, 0) is 37.2 Å². The van der Waals surface area contributed by atoms with E-state index in [4.69, 9.17) is 9.26 Å². The molecular weight excluding hydrogens is 273 g/mol. The van der Waals surface area contributed by atoms with Crippen molar-refractivity contribution >= 4 is 0 Å². The van der Waals surface area contributed by atoms with Crippen molar-refractivity contribution in [2.75, 3.05) is 32.8 Å². The molecule has 1 saturated heterocycles. The fraction of sp³-hybridized carbons (Fsp3) is 0.467. The number of hydrogen-bond acceptors (Lipinski definition) is 5. The fourth-order valence-electron chi connectivity index (χ4n) is 2.35. The minimum absolute atomic E-state index is 0.270. The molecule has 1 aliphatic rings. The van der Waals surface area contributed by atoms with Crippen molar-refractivity contribution in [2.45, 2.75) is 12.8 Å². The van der Waals surface area contributed by atoms with Crippen LogP contribution in [0.5, 0.6) is 0 Å². The Kier molecular flexibility index (Phi) is 4.57. The summed E-state index contributed by atoms with van der Waals surface area (Å²) < 4.78 is 23.4. The Balaban J connectivity index is 1.51. The minimum atomic E-state index is -0.270. The van der Waals surface area contributed by atoms with Gasteiger partial charge in [-0.2, -0.15) is 4.98 Å². The van der Waals surface area contributed by atoms with Crippen LogP contribution in [0.25, 0.3) is 11.4 Å². The predicted octanol–water partition coefficient (Wildman–Crippen LogP) is 2.14. The number of aryl methyl sites for hydroxylation is 1. The van der Waals surface area contributed by atoms with E-state index in [1.165, 1.54) is 12.1 Å². The largest absolute Gasteiger partial charge is 0.379 e. The predicted molar refractivity (Wildman–Crippen MR) is 75.3 cm³/mol. The van der Waals surface area contributed by atoms with Gasteiger partial charge in [0.15, 0.2) is 0 Å². The van der Waals surface area contributed by atoms with Crippen molar-refractivity contribution in [2.24, 2.45) is 0 Å². The summed E-state index contributed by atoms with van der Waals surface area (Å²) in [4.78, 5) is 6.73. The molecule has 0 aliphatic carbocycles. The first-order chi connectivity index (χ1) is 10.3. The monoisotopic (exact) mass is 291 g/mol. The lowest BCUT2D eigenvalue weighted by Crippen LogP contribution is -2.36. The van der Waals surface area contributed by atoms with E-state index in [2.05, 4.69) is 15.0 Å². The fourth-order valence-corrected chi connectivity index (χ4v) is 2.35. The number of halogens is 1. The van der Waals surface area contributed by atoms with Gasteiger partial charge in [-0.3, -0.25) is 4.90 Å². The third-order valence-corrected chi connectivity index (χ3v) is 3.54. The van der Waals surface area contributed by atoms with E-state index in [9.17, 15) is 4.39 Å². The summed E-state index contributed by atoms with van der Waals surface area (Å²) in [6.45, 7) is 4.62. The molecule has 1 aliphatic heterocycles. The summed E-state index contributed by atoms with van der Waals surface area (Å²) in [6, 6.07) is 6.09. The summed E-state index contributed by atoms with van der Waals surface area (Å²) in [7, 11) is 0. The van der Waals surface area contributed by atoms with Crippen molar-refractivity contribution in [3.05, 3.63) is 36.0 Å². The molecule has 112 valence electrons. The zero-order valence-electron chi connectivity index (χ0n) is 11.8. The molecule has 2 aromatic rings. The zero-order chi connectivity index (χ0) is 14.5. The van der Waals surface area contributed by atoms with Gasteiger partial charge in [0.2, 0.25) is 11.7 Å². The normalized spacial score (nSPS) is 16.2. The Hall–Kier alpha value is -1.79. The van der Waals surface area contributed by atoms with Crippen LogP contribution in [0, 0.1) is 5.82 Å². The van der Waals surface area contributed by atoms with Crippen LogP contribution in [0.1, 0.15) is 12.3 Å². The van der Waals surface area contributed by atoms with Crippen LogP contribution in [0.15, 0.2) is 28.8 Å². The van der Waals surface area contributed by atoms with Gasteiger partial charge >= 0.3 is 0 Å². The van der Waals surface area contributed by atoms with Gasteiger partial charge in [-0.1, -0.05) is 5.16 Å². The molecule has 0 radical (unpaired) electrons. The number of aromatic nitrogens is 2. The maximum Gasteiger partial charge on any atom is 0.227 e. The van der Waals surface area contributed by atoms with E-state index in [1.807, 2.05) is 0 Å². The number of ether oxygens (including phenoxy) is 1. The molecule has 0 atom stereocenters. The van der Waals surface area contributed by atoms with Crippen molar-refractivity contribution in [3.63, 3.8) is 0 Å². The third-order valence-electron chi connectivity index (χ3n) is 3.54. The van der Waals surface area contributed by atoms with Crippen LogP contribution in [-0.4, -0.2) is 47.9 Å².